The summed E-state index contributed by atoms with van der Waals surface area (Å²) < 4.78 is 1.89. The molecule has 1 rings (SSSR count). The van der Waals surface area contributed by atoms with Crippen molar-refractivity contribution in [2.75, 3.05) is 0 Å². The van der Waals surface area contributed by atoms with Crippen molar-refractivity contribution >= 4 is 6.08 Å². The van der Waals surface area contributed by atoms with Gasteiger partial charge in [0.05, 0.1) is 0 Å². The molecule has 0 bridgehead atoms. The predicted molar refractivity (Wildman–Crippen MR) is 45.6 cm³/mol. The van der Waals surface area contributed by atoms with Gasteiger partial charge < -0.3 is 10.3 Å². The number of allylic oxidation sites excluding steroid dienone is 1. The Morgan fingerprint density at radius 2 is 2.55 bits per heavy atom. The van der Waals surface area contributed by atoms with Gasteiger partial charge in [-0.2, -0.15) is 0 Å². The lowest BCUT2D eigenvalue weighted by Crippen LogP contribution is -1.95. The fourth-order valence-electron chi connectivity index (χ4n) is 0.724. The number of aromatic nitrogens is 2. The van der Waals surface area contributed by atoms with Crippen LogP contribution in [0.5, 0.6) is 0 Å². The average Bonchev–Trinajstić information content (AvgIpc) is 2.37. The molecule has 0 amide bonds. The highest BCUT2D eigenvalue weighted by atomic mass is 15.0. The highest BCUT2D eigenvalue weighted by Gasteiger charge is 1.92. The Hall–Kier alpha value is -1.51. The average molecular weight is 149 g/mol. The molecule has 1 aromatic rings. The van der Waals surface area contributed by atoms with Gasteiger partial charge in [-0.05, 0) is 6.08 Å². The van der Waals surface area contributed by atoms with E-state index < -0.39 is 0 Å². The number of nitrogens with zero attached hydrogens (tertiary/aromatic N) is 2. The molecule has 0 radical (unpaired) electrons. The summed E-state index contributed by atoms with van der Waals surface area (Å²) in [6, 6.07) is 0. The van der Waals surface area contributed by atoms with Crippen LogP contribution in [0.2, 0.25) is 0 Å². The summed E-state index contributed by atoms with van der Waals surface area (Å²) in [7, 11) is 1.91. The number of hydrogen-bond acceptors (Lipinski definition) is 2. The van der Waals surface area contributed by atoms with Crippen molar-refractivity contribution in [1.29, 1.82) is 0 Å². The van der Waals surface area contributed by atoms with Gasteiger partial charge in [0.15, 0.2) is 0 Å². The molecule has 0 aromatic carbocycles. The third kappa shape index (κ3) is 1.70. The minimum atomic E-state index is 0.624. The van der Waals surface area contributed by atoms with Gasteiger partial charge in [-0.1, -0.05) is 6.58 Å². The van der Waals surface area contributed by atoms with Crippen LogP contribution in [0.1, 0.15) is 5.82 Å². The smallest absolute Gasteiger partial charge is 0.134 e. The molecular weight excluding hydrogens is 138 g/mol. The van der Waals surface area contributed by atoms with E-state index in [-0.39, 0.29) is 0 Å². The molecule has 2 N–H and O–H groups in total. The van der Waals surface area contributed by atoms with E-state index in [1.807, 2.05) is 17.8 Å². The van der Waals surface area contributed by atoms with E-state index in [0.717, 1.165) is 5.82 Å². The quantitative estimate of drug-likeness (QED) is 0.635. The van der Waals surface area contributed by atoms with Crippen LogP contribution < -0.4 is 5.73 Å². The number of imidazole rings is 1. The van der Waals surface area contributed by atoms with Gasteiger partial charge in [0.25, 0.3) is 0 Å². The number of hydrogen-bond donors (Lipinski definition) is 1. The van der Waals surface area contributed by atoms with E-state index in [1.54, 1.807) is 18.3 Å². The zero-order valence-electron chi connectivity index (χ0n) is 6.49. The van der Waals surface area contributed by atoms with E-state index in [2.05, 4.69) is 11.6 Å². The highest BCUT2D eigenvalue weighted by Crippen LogP contribution is 1.99. The van der Waals surface area contributed by atoms with Crippen LogP contribution in [0.15, 0.2) is 30.7 Å². The SMILES string of the molecule is C=C/C(N)=C\c1nccn1C. The van der Waals surface area contributed by atoms with Gasteiger partial charge in [0, 0.05) is 31.2 Å². The first-order valence-electron chi connectivity index (χ1n) is 3.31. The molecular formula is C8H11N3. The summed E-state index contributed by atoms with van der Waals surface area (Å²) in [4.78, 5) is 4.06. The molecule has 58 valence electrons. The molecule has 3 nitrogen and oxygen atoms in total. The van der Waals surface area contributed by atoms with Gasteiger partial charge in [-0.15, -0.1) is 0 Å². The van der Waals surface area contributed by atoms with Gasteiger partial charge in [0.1, 0.15) is 5.82 Å². The normalized spacial score (nSPS) is 11.5. The fraction of sp³-hybridized carbons (Fsp3) is 0.125. The lowest BCUT2D eigenvalue weighted by molar-refractivity contribution is 0.896. The monoisotopic (exact) mass is 149 g/mol. The minimum Gasteiger partial charge on any atom is -0.399 e. The van der Waals surface area contributed by atoms with Crippen molar-refractivity contribution in [3.8, 4) is 0 Å². The van der Waals surface area contributed by atoms with Crippen molar-refractivity contribution in [3.05, 3.63) is 36.6 Å². The minimum absolute atomic E-state index is 0.624. The molecule has 0 fully saturated rings. The summed E-state index contributed by atoms with van der Waals surface area (Å²) in [6.45, 7) is 3.54. The molecule has 3 heteroatoms. The van der Waals surface area contributed by atoms with Gasteiger partial charge >= 0.3 is 0 Å². The molecule has 0 saturated carbocycles. The second kappa shape index (κ2) is 3.05. The number of aryl methyl sites for hydroxylation is 1. The van der Waals surface area contributed by atoms with E-state index in [0.29, 0.717) is 5.70 Å². The van der Waals surface area contributed by atoms with Crippen LogP contribution in [-0.2, 0) is 7.05 Å². The summed E-state index contributed by atoms with van der Waals surface area (Å²) in [5.41, 5.74) is 6.15. The first kappa shape index (κ1) is 7.60. The molecule has 1 heterocycles. The Bertz CT molecular complexity index is 283. The first-order chi connectivity index (χ1) is 5.24. The number of nitrogens with two attached hydrogens (primary N) is 1. The molecule has 0 atom stereocenters. The van der Waals surface area contributed by atoms with Crippen molar-refractivity contribution in [1.82, 2.24) is 9.55 Å². The third-order valence-electron chi connectivity index (χ3n) is 1.39. The Morgan fingerprint density at radius 3 is 3.00 bits per heavy atom. The van der Waals surface area contributed by atoms with Crippen LogP contribution in [0, 0.1) is 0 Å². The van der Waals surface area contributed by atoms with Crippen molar-refractivity contribution in [2.24, 2.45) is 12.8 Å². The van der Waals surface area contributed by atoms with Crippen molar-refractivity contribution in [3.63, 3.8) is 0 Å². The molecule has 0 spiro atoms. The van der Waals surface area contributed by atoms with E-state index in [4.69, 9.17) is 5.73 Å². The predicted octanol–water partition coefficient (Wildman–Crippen LogP) is 0.906. The topological polar surface area (TPSA) is 43.8 Å². The summed E-state index contributed by atoms with van der Waals surface area (Å²) >= 11 is 0. The van der Waals surface area contributed by atoms with Gasteiger partial charge in [-0.3, -0.25) is 0 Å². The van der Waals surface area contributed by atoms with Crippen molar-refractivity contribution in [2.45, 2.75) is 0 Å². The van der Waals surface area contributed by atoms with Crippen LogP contribution in [0.3, 0.4) is 0 Å². The zero-order chi connectivity index (χ0) is 8.27. The van der Waals surface area contributed by atoms with Crippen LogP contribution in [0.25, 0.3) is 6.08 Å². The molecule has 11 heavy (non-hydrogen) atoms. The molecule has 0 aliphatic heterocycles. The maximum atomic E-state index is 5.52. The Morgan fingerprint density at radius 1 is 1.82 bits per heavy atom. The summed E-state index contributed by atoms with van der Waals surface area (Å²) in [6.07, 6.45) is 6.95. The first-order valence-corrected chi connectivity index (χ1v) is 3.31. The molecule has 0 aliphatic rings. The standard InChI is InChI=1S/C8H11N3/c1-3-7(9)6-8-10-4-5-11(8)2/h3-6H,1,9H2,2H3/b7-6+. The molecule has 0 aliphatic carbocycles. The Kier molecular flexibility index (Phi) is 2.11. The second-order valence-corrected chi connectivity index (χ2v) is 2.24. The summed E-state index contributed by atoms with van der Waals surface area (Å²) in [5.74, 6) is 0.836. The fourth-order valence-corrected chi connectivity index (χ4v) is 0.724. The van der Waals surface area contributed by atoms with Crippen LogP contribution in [-0.4, -0.2) is 9.55 Å². The lowest BCUT2D eigenvalue weighted by atomic mass is 10.4. The van der Waals surface area contributed by atoms with Gasteiger partial charge in [0.2, 0.25) is 0 Å². The second-order valence-electron chi connectivity index (χ2n) is 2.24. The van der Waals surface area contributed by atoms with Crippen LogP contribution >= 0.6 is 0 Å². The largest absolute Gasteiger partial charge is 0.399 e. The Labute approximate surface area is 65.9 Å². The van der Waals surface area contributed by atoms with Gasteiger partial charge in [-0.25, -0.2) is 4.98 Å². The van der Waals surface area contributed by atoms with E-state index >= 15 is 0 Å². The highest BCUT2D eigenvalue weighted by molar-refractivity contribution is 5.47. The third-order valence-corrected chi connectivity index (χ3v) is 1.39. The van der Waals surface area contributed by atoms with Crippen molar-refractivity contribution < 1.29 is 0 Å². The van der Waals surface area contributed by atoms with E-state index in [9.17, 15) is 0 Å². The zero-order valence-corrected chi connectivity index (χ0v) is 6.49. The van der Waals surface area contributed by atoms with Crippen LogP contribution in [0.4, 0.5) is 0 Å². The molecule has 0 saturated heterocycles. The molecule has 0 unspecified atom stereocenters. The number of rotatable bonds is 2. The maximum absolute atomic E-state index is 5.52. The maximum Gasteiger partial charge on any atom is 0.134 e. The lowest BCUT2D eigenvalue weighted by Gasteiger charge is -1.94. The summed E-state index contributed by atoms with van der Waals surface area (Å²) in [5, 5.41) is 0. The van der Waals surface area contributed by atoms with E-state index in [1.165, 1.54) is 0 Å². The molecule has 1 aromatic heterocycles. The Balaban J connectivity index is 2.94.